The molecule has 118 valence electrons. The molecule has 23 heavy (non-hydrogen) atoms. The van der Waals surface area contributed by atoms with Crippen LogP contribution in [0.15, 0.2) is 40.9 Å². The predicted octanol–water partition coefficient (Wildman–Crippen LogP) is 4.61. The highest BCUT2D eigenvalue weighted by Gasteiger charge is 2.32. The maximum absolute atomic E-state index is 12.9. The molecule has 3 aromatic rings. The molecular weight excluding hydrogens is 338 g/mol. The zero-order chi connectivity index (χ0) is 16.6. The van der Waals surface area contributed by atoms with Crippen molar-refractivity contribution >= 4 is 11.6 Å². The monoisotopic (exact) mass is 343 g/mol. The van der Waals surface area contributed by atoms with Crippen LogP contribution in [-0.2, 0) is 6.18 Å². The van der Waals surface area contributed by atoms with Crippen molar-refractivity contribution in [1.82, 2.24) is 15.2 Å². The Morgan fingerprint density at radius 1 is 1.00 bits per heavy atom. The number of halogens is 5. The van der Waals surface area contributed by atoms with Crippen LogP contribution in [0.1, 0.15) is 5.56 Å². The summed E-state index contributed by atoms with van der Waals surface area (Å²) < 4.78 is 55.9. The van der Waals surface area contributed by atoms with Gasteiger partial charge in [0.2, 0.25) is 5.89 Å². The van der Waals surface area contributed by atoms with Gasteiger partial charge in [0.15, 0.2) is 0 Å². The first-order valence-electron chi connectivity index (χ1n) is 6.17. The van der Waals surface area contributed by atoms with Gasteiger partial charge in [-0.25, -0.2) is 9.37 Å². The molecule has 3 rings (SSSR count). The number of hydrogen-bond donors (Lipinski definition) is 0. The van der Waals surface area contributed by atoms with Crippen LogP contribution in [-0.4, -0.2) is 15.2 Å². The summed E-state index contributed by atoms with van der Waals surface area (Å²) in [5.41, 5.74) is -0.599. The SMILES string of the molecule is Fc1ccc(-c2nnc(-c3ncc(C(F)(F)F)cc3Cl)o2)cc1. The number of nitrogens with zero attached hydrogens (tertiary/aromatic N) is 3. The van der Waals surface area contributed by atoms with E-state index in [1.807, 2.05) is 0 Å². The summed E-state index contributed by atoms with van der Waals surface area (Å²) in [6.45, 7) is 0. The van der Waals surface area contributed by atoms with Gasteiger partial charge in [-0.1, -0.05) is 11.6 Å². The van der Waals surface area contributed by atoms with Crippen molar-refractivity contribution in [3.63, 3.8) is 0 Å². The molecule has 4 nitrogen and oxygen atoms in total. The van der Waals surface area contributed by atoms with Crippen LogP contribution >= 0.6 is 11.6 Å². The fraction of sp³-hybridized carbons (Fsp3) is 0.0714. The second kappa shape index (κ2) is 5.62. The van der Waals surface area contributed by atoms with Gasteiger partial charge in [-0.15, -0.1) is 10.2 Å². The Hall–Kier alpha value is -2.48. The molecule has 0 aliphatic heterocycles. The van der Waals surface area contributed by atoms with Crippen LogP contribution in [0.3, 0.4) is 0 Å². The van der Waals surface area contributed by atoms with Gasteiger partial charge in [0.05, 0.1) is 10.6 Å². The molecule has 0 saturated heterocycles. The molecule has 0 saturated carbocycles. The highest BCUT2D eigenvalue weighted by Crippen LogP contribution is 2.34. The van der Waals surface area contributed by atoms with Gasteiger partial charge in [-0.2, -0.15) is 13.2 Å². The molecule has 0 N–H and O–H groups in total. The van der Waals surface area contributed by atoms with Crippen molar-refractivity contribution in [2.45, 2.75) is 6.18 Å². The van der Waals surface area contributed by atoms with E-state index in [1.165, 1.54) is 24.3 Å². The van der Waals surface area contributed by atoms with E-state index in [4.69, 9.17) is 16.0 Å². The maximum Gasteiger partial charge on any atom is 0.417 e. The normalized spacial score (nSPS) is 11.7. The van der Waals surface area contributed by atoms with Crippen LogP contribution in [0.5, 0.6) is 0 Å². The zero-order valence-corrected chi connectivity index (χ0v) is 11.9. The van der Waals surface area contributed by atoms with Gasteiger partial charge in [0, 0.05) is 11.8 Å². The third-order valence-electron chi connectivity index (χ3n) is 2.89. The van der Waals surface area contributed by atoms with E-state index in [1.54, 1.807) is 0 Å². The molecule has 0 spiro atoms. The summed E-state index contributed by atoms with van der Waals surface area (Å²) in [6.07, 6.45) is -3.92. The van der Waals surface area contributed by atoms with Crippen LogP contribution in [0.2, 0.25) is 5.02 Å². The van der Waals surface area contributed by atoms with E-state index in [0.29, 0.717) is 11.8 Å². The lowest BCUT2D eigenvalue weighted by Crippen LogP contribution is -2.05. The highest BCUT2D eigenvalue weighted by atomic mass is 35.5. The minimum atomic E-state index is -4.55. The lowest BCUT2D eigenvalue weighted by atomic mass is 10.2. The van der Waals surface area contributed by atoms with Crippen molar-refractivity contribution < 1.29 is 22.0 Å². The molecule has 0 aliphatic carbocycles. The largest absolute Gasteiger partial charge is 0.417 e. The molecular formula is C14H6ClF4N3O. The van der Waals surface area contributed by atoms with Crippen molar-refractivity contribution in [3.8, 4) is 23.0 Å². The quantitative estimate of drug-likeness (QED) is 0.638. The van der Waals surface area contributed by atoms with Crippen molar-refractivity contribution in [2.24, 2.45) is 0 Å². The Kier molecular flexibility index (Phi) is 3.77. The number of pyridine rings is 1. The van der Waals surface area contributed by atoms with Gasteiger partial charge < -0.3 is 4.42 Å². The molecule has 2 aromatic heterocycles. The van der Waals surface area contributed by atoms with E-state index in [2.05, 4.69) is 15.2 Å². The summed E-state index contributed by atoms with van der Waals surface area (Å²) in [6, 6.07) is 6.00. The molecule has 0 atom stereocenters. The molecule has 0 unspecified atom stereocenters. The van der Waals surface area contributed by atoms with E-state index < -0.39 is 17.6 Å². The fourth-order valence-corrected chi connectivity index (χ4v) is 2.03. The molecule has 1 aromatic carbocycles. The van der Waals surface area contributed by atoms with Crippen LogP contribution in [0, 0.1) is 5.82 Å². The Balaban J connectivity index is 1.96. The van der Waals surface area contributed by atoms with Crippen LogP contribution in [0.25, 0.3) is 23.0 Å². The summed E-state index contributed by atoms with van der Waals surface area (Å²) in [7, 11) is 0. The molecule has 0 aliphatic rings. The average molecular weight is 344 g/mol. The second-order valence-electron chi connectivity index (χ2n) is 4.47. The van der Waals surface area contributed by atoms with E-state index in [-0.39, 0.29) is 22.5 Å². The Morgan fingerprint density at radius 3 is 2.26 bits per heavy atom. The second-order valence-corrected chi connectivity index (χ2v) is 4.88. The highest BCUT2D eigenvalue weighted by molar-refractivity contribution is 6.32. The summed E-state index contributed by atoms with van der Waals surface area (Å²) >= 11 is 5.81. The van der Waals surface area contributed by atoms with Gasteiger partial charge in [0.1, 0.15) is 11.5 Å². The van der Waals surface area contributed by atoms with Gasteiger partial charge in [0.25, 0.3) is 5.89 Å². The third kappa shape index (κ3) is 3.16. The van der Waals surface area contributed by atoms with Crippen LogP contribution in [0.4, 0.5) is 17.6 Å². The maximum atomic E-state index is 12.9. The van der Waals surface area contributed by atoms with Gasteiger partial charge in [-0.3, -0.25) is 0 Å². The Morgan fingerprint density at radius 2 is 1.65 bits per heavy atom. The molecule has 0 bridgehead atoms. The smallest absolute Gasteiger partial charge is 0.415 e. The van der Waals surface area contributed by atoms with Crippen molar-refractivity contribution in [2.75, 3.05) is 0 Å². The summed E-state index contributed by atoms with van der Waals surface area (Å²) in [4.78, 5) is 3.63. The number of aromatic nitrogens is 3. The first-order valence-corrected chi connectivity index (χ1v) is 6.55. The van der Waals surface area contributed by atoms with Crippen molar-refractivity contribution in [3.05, 3.63) is 52.9 Å². The number of rotatable bonds is 2. The topological polar surface area (TPSA) is 51.8 Å². The van der Waals surface area contributed by atoms with Gasteiger partial charge in [-0.05, 0) is 30.3 Å². The average Bonchev–Trinajstić information content (AvgIpc) is 2.96. The summed E-state index contributed by atoms with van der Waals surface area (Å²) in [5.74, 6) is -0.498. The summed E-state index contributed by atoms with van der Waals surface area (Å²) in [5, 5.41) is 7.17. The lowest BCUT2D eigenvalue weighted by Gasteiger charge is -2.07. The Labute approximate surface area is 131 Å². The lowest BCUT2D eigenvalue weighted by molar-refractivity contribution is -0.137. The van der Waals surface area contributed by atoms with Crippen LogP contribution < -0.4 is 0 Å². The third-order valence-corrected chi connectivity index (χ3v) is 3.18. The Bertz CT molecular complexity index is 846. The predicted molar refractivity (Wildman–Crippen MR) is 72.9 cm³/mol. The first-order chi connectivity index (χ1) is 10.8. The minimum absolute atomic E-state index is 0.0674. The number of hydrogen-bond acceptors (Lipinski definition) is 4. The van der Waals surface area contributed by atoms with Crippen molar-refractivity contribution in [1.29, 1.82) is 0 Å². The van der Waals surface area contributed by atoms with E-state index in [9.17, 15) is 17.6 Å². The standard InChI is InChI=1S/C14H6ClF4N3O/c15-10-5-8(14(17,18)19)6-20-11(10)13-22-21-12(23-13)7-1-3-9(16)4-2-7/h1-6H. The molecule has 0 radical (unpaired) electrons. The van der Waals surface area contributed by atoms with Gasteiger partial charge >= 0.3 is 6.18 Å². The molecule has 0 amide bonds. The first kappa shape index (κ1) is 15.4. The number of alkyl halides is 3. The minimum Gasteiger partial charge on any atom is -0.415 e. The molecule has 9 heteroatoms. The molecule has 0 fully saturated rings. The zero-order valence-electron chi connectivity index (χ0n) is 11.1. The fourth-order valence-electron chi connectivity index (χ4n) is 1.78. The van der Waals surface area contributed by atoms with E-state index >= 15 is 0 Å². The molecule has 2 heterocycles. The number of benzene rings is 1. The van der Waals surface area contributed by atoms with E-state index in [0.717, 1.165) is 6.07 Å².